The normalized spacial score (nSPS) is 12.4. The Hall–Kier alpha value is -2.10. The van der Waals surface area contributed by atoms with Crippen molar-refractivity contribution in [2.24, 2.45) is 0 Å². The van der Waals surface area contributed by atoms with Crippen LogP contribution >= 0.6 is 0 Å². The van der Waals surface area contributed by atoms with Crippen LogP contribution in [0.25, 0.3) is 0 Å². The lowest BCUT2D eigenvalue weighted by molar-refractivity contribution is 0.703. The average Bonchev–Trinajstić information content (AvgIpc) is 2.47. The molecule has 1 unspecified atom stereocenters. The zero-order valence-electron chi connectivity index (χ0n) is 13.0. The van der Waals surface area contributed by atoms with E-state index in [2.05, 4.69) is 60.3 Å². The molecule has 0 spiro atoms. The third-order valence-corrected chi connectivity index (χ3v) is 3.53. The fourth-order valence-electron chi connectivity index (χ4n) is 2.20. The molecule has 4 heteroatoms. The Morgan fingerprint density at radius 1 is 1.10 bits per heavy atom. The van der Waals surface area contributed by atoms with Crippen LogP contribution < -0.4 is 11.1 Å². The minimum absolute atomic E-state index is 0.275. The summed E-state index contributed by atoms with van der Waals surface area (Å²) in [6.07, 6.45) is 1.05. The van der Waals surface area contributed by atoms with E-state index in [1.807, 2.05) is 6.07 Å². The van der Waals surface area contributed by atoms with Gasteiger partial charge in [-0.3, -0.25) is 0 Å². The van der Waals surface area contributed by atoms with Crippen molar-refractivity contribution in [2.75, 3.05) is 17.6 Å². The number of hydrogen-bond acceptors (Lipinski definition) is 4. The maximum atomic E-state index is 5.83. The second-order valence-corrected chi connectivity index (χ2v) is 5.72. The quantitative estimate of drug-likeness (QED) is 0.847. The van der Waals surface area contributed by atoms with E-state index in [9.17, 15) is 0 Å². The Bertz CT molecular complexity index is 566. The van der Waals surface area contributed by atoms with Crippen LogP contribution in [0.4, 0.5) is 11.6 Å². The van der Waals surface area contributed by atoms with Crippen molar-refractivity contribution in [3.63, 3.8) is 0 Å². The Morgan fingerprint density at radius 2 is 1.81 bits per heavy atom. The molecule has 1 atom stereocenters. The lowest BCUT2D eigenvalue weighted by atomic mass is 9.98. The summed E-state index contributed by atoms with van der Waals surface area (Å²) in [6, 6.07) is 12.3. The number of hydrogen-bond donors (Lipinski definition) is 2. The van der Waals surface area contributed by atoms with E-state index < -0.39 is 0 Å². The maximum Gasteiger partial charge on any atom is 0.135 e. The number of nitrogen functional groups attached to an aromatic ring is 1. The van der Waals surface area contributed by atoms with Gasteiger partial charge in [0.25, 0.3) is 0 Å². The lowest BCUT2D eigenvalue weighted by Crippen LogP contribution is -2.10. The third-order valence-electron chi connectivity index (χ3n) is 3.53. The first-order chi connectivity index (χ1) is 10.1. The predicted octanol–water partition coefficient (Wildman–Crippen LogP) is 3.79. The molecule has 0 bridgehead atoms. The van der Waals surface area contributed by atoms with Gasteiger partial charge in [0, 0.05) is 18.5 Å². The molecule has 0 fully saturated rings. The first-order valence-corrected chi connectivity index (χ1v) is 7.49. The van der Waals surface area contributed by atoms with Crippen LogP contribution in [-0.4, -0.2) is 16.5 Å². The van der Waals surface area contributed by atoms with Gasteiger partial charge < -0.3 is 11.1 Å². The minimum Gasteiger partial charge on any atom is -0.384 e. The largest absolute Gasteiger partial charge is 0.384 e. The standard InChI is InChI=1S/C17H24N4/c1-12(2)17-20-15(18)11-16(21-17)19-10-9-13(3)14-7-5-4-6-8-14/h4-8,11-13H,9-10H2,1-3H3,(H3,18,19,20,21). The summed E-state index contributed by atoms with van der Waals surface area (Å²) < 4.78 is 0. The van der Waals surface area contributed by atoms with Gasteiger partial charge in [-0.05, 0) is 17.9 Å². The minimum atomic E-state index is 0.275. The average molecular weight is 284 g/mol. The highest BCUT2D eigenvalue weighted by molar-refractivity contribution is 5.44. The van der Waals surface area contributed by atoms with Crippen LogP contribution in [0.2, 0.25) is 0 Å². The van der Waals surface area contributed by atoms with Crippen LogP contribution in [0.3, 0.4) is 0 Å². The molecule has 1 heterocycles. The van der Waals surface area contributed by atoms with Gasteiger partial charge >= 0.3 is 0 Å². The summed E-state index contributed by atoms with van der Waals surface area (Å²) in [5, 5.41) is 3.35. The number of anilines is 2. The summed E-state index contributed by atoms with van der Waals surface area (Å²) in [6.45, 7) is 7.24. The molecule has 1 aromatic carbocycles. The molecule has 21 heavy (non-hydrogen) atoms. The highest BCUT2D eigenvalue weighted by atomic mass is 15.0. The summed E-state index contributed by atoms with van der Waals surface area (Å²) in [4.78, 5) is 8.75. The van der Waals surface area contributed by atoms with E-state index in [1.54, 1.807) is 6.07 Å². The third kappa shape index (κ3) is 4.45. The van der Waals surface area contributed by atoms with Crippen molar-refractivity contribution < 1.29 is 0 Å². The molecule has 0 radical (unpaired) electrons. The fraction of sp³-hybridized carbons (Fsp3) is 0.412. The molecule has 3 N–H and O–H groups in total. The Labute approximate surface area is 126 Å². The second-order valence-electron chi connectivity index (χ2n) is 5.72. The van der Waals surface area contributed by atoms with Crippen LogP contribution in [-0.2, 0) is 0 Å². The summed E-state index contributed by atoms with van der Waals surface area (Å²) >= 11 is 0. The van der Waals surface area contributed by atoms with Gasteiger partial charge in [0.1, 0.15) is 17.5 Å². The van der Waals surface area contributed by atoms with Gasteiger partial charge in [-0.2, -0.15) is 0 Å². The van der Waals surface area contributed by atoms with E-state index in [0.29, 0.717) is 11.7 Å². The summed E-state index contributed by atoms with van der Waals surface area (Å²) in [7, 11) is 0. The van der Waals surface area contributed by atoms with Gasteiger partial charge in [-0.25, -0.2) is 9.97 Å². The van der Waals surface area contributed by atoms with Gasteiger partial charge in [0.15, 0.2) is 0 Å². The monoisotopic (exact) mass is 284 g/mol. The van der Waals surface area contributed by atoms with E-state index >= 15 is 0 Å². The molecule has 0 aliphatic carbocycles. The van der Waals surface area contributed by atoms with Crippen molar-refractivity contribution in [3.8, 4) is 0 Å². The zero-order valence-corrected chi connectivity index (χ0v) is 13.0. The van der Waals surface area contributed by atoms with Crippen molar-refractivity contribution in [1.29, 1.82) is 0 Å². The van der Waals surface area contributed by atoms with Crippen LogP contribution in [0.5, 0.6) is 0 Å². The highest BCUT2D eigenvalue weighted by Crippen LogP contribution is 2.19. The molecule has 0 saturated carbocycles. The molecule has 0 aliphatic rings. The van der Waals surface area contributed by atoms with Crippen LogP contribution in [0, 0.1) is 0 Å². The van der Waals surface area contributed by atoms with Crippen molar-refractivity contribution >= 4 is 11.6 Å². The molecule has 2 aromatic rings. The smallest absolute Gasteiger partial charge is 0.135 e. The topological polar surface area (TPSA) is 63.8 Å². The van der Waals surface area contributed by atoms with Crippen molar-refractivity contribution in [1.82, 2.24) is 9.97 Å². The molecule has 0 aliphatic heterocycles. The molecule has 0 saturated heterocycles. The molecular weight excluding hydrogens is 260 g/mol. The van der Waals surface area contributed by atoms with Crippen LogP contribution in [0.15, 0.2) is 36.4 Å². The van der Waals surface area contributed by atoms with E-state index in [1.165, 1.54) is 5.56 Å². The molecule has 1 aromatic heterocycles. The van der Waals surface area contributed by atoms with Crippen molar-refractivity contribution in [2.45, 2.75) is 39.0 Å². The van der Waals surface area contributed by atoms with Gasteiger partial charge in [0.2, 0.25) is 0 Å². The first kappa shape index (κ1) is 15.3. The molecule has 2 rings (SSSR count). The number of rotatable bonds is 6. The first-order valence-electron chi connectivity index (χ1n) is 7.49. The lowest BCUT2D eigenvalue weighted by Gasteiger charge is -2.14. The molecular formula is C17H24N4. The van der Waals surface area contributed by atoms with E-state index in [-0.39, 0.29) is 5.92 Å². The van der Waals surface area contributed by atoms with Crippen LogP contribution in [0.1, 0.15) is 50.4 Å². The number of aromatic nitrogens is 2. The van der Waals surface area contributed by atoms with Gasteiger partial charge in [-0.15, -0.1) is 0 Å². The number of nitrogens with two attached hydrogens (primary N) is 1. The SMILES string of the molecule is CC(C)c1nc(N)cc(NCCC(C)c2ccccc2)n1. The zero-order chi connectivity index (χ0) is 15.2. The Balaban J connectivity index is 1.91. The number of benzene rings is 1. The number of nitrogens with zero attached hydrogens (tertiary/aromatic N) is 2. The highest BCUT2D eigenvalue weighted by Gasteiger charge is 2.08. The summed E-state index contributed by atoms with van der Waals surface area (Å²) in [5.74, 6) is 2.91. The Morgan fingerprint density at radius 3 is 2.48 bits per heavy atom. The van der Waals surface area contributed by atoms with E-state index in [0.717, 1.165) is 24.6 Å². The Kier molecular flexibility index (Phi) is 5.14. The molecule has 4 nitrogen and oxygen atoms in total. The maximum absolute atomic E-state index is 5.83. The van der Waals surface area contributed by atoms with Gasteiger partial charge in [0.05, 0.1) is 0 Å². The second kappa shape index (κ2) is 7.07. The molecule has 112 valence electrons. The van der Waals surface area contributed by atoms with Crippen molar-refractivity contribution in [3.05, 3.63) is 47.8 Å². The summed E-state index contributed by atoms with van der Waals surface area (Å²) in [5.41, 5.74) is 7.19. The van der Waals surface area contributed by atoms with Gasteiger partial charge in [-0.1, -0.05) is 51.1 Å². The van der Waals surface area contributed by atoms with E-state index in [4.69, 9.17) is 5.73 Å². The fourth-order valence-corrected chi connectivity index (χ4v) is 2.20. The molecule has 0 amide bonds. The number of nitrogens with one attached hydrogen (secondary N) is 1. The predicted molar refractivity (Wildman–Crippen MR) is 88.5 cm³/mol.